The van der Waals surface area contributed by atoms with Gasteiger partial charge in [0.15, 0.2) is 0 Å². The van der Waals surface area contributed by atoms with E-state index in [9.17, 15) is 4.79 Å². The fourth-order valence-electron chi connectivity index (χ4n) is 1.82. The second-order valence-electron chi connectivity index (χ2n) is 5.48. The second kappa shape index (κ2) is 5.79. The zero-order valence-corrected chi connectivity index (χ0v) is 13.3. The van der Waals surface area contributed by atoms with Gasteiger partial charge in [-0.15, -0.1) is 0 Å². The number of hydrogen-bond donors (Lipinski definition) is 1. The van der Waals surface area contributed by atoms with Gasteiger partial charge in [-0.25, -0.2) is 4.79 Å². The molecule has 1 aromatic heterocycles. The molecule has 0 spiro atoms. The number of nitrogens with zero attached hydrogens (tertiary/aromatic N) is 1. The molecule has 0 saturated carbocycles. The summed E-state index contributed by atoms with van der Waals surface area (Å²) < 4.78 is 6.22. The summed E-state index contributed by atoms with van der Waals surface area (Å²) in [5.74, 6) is 0. The third-order valence-corrected chi connectivity index (χ3v) is 3.10. The van der Waals surface area contributed by atoms with Crippen molar-refractivity contribution in [3.8, 4) is 0 Å². The molecule has 0 bridgehead atoms. The van der Waals surface area contributed by atoms with E-state index in [4.69, 9.17) is 4.74 Å². The van der Waals surface area contributed by atoms with Crippen LogP contribution >= 0.6 is 15.9 Å². The molecule has 1 aromatic carbocycles. The molecule has 1 amide bonds. The van der Waals surface area contributed by atoms with Crippen molar-refractivity contribution in [2.45, 2.75) is 32.9 Å². The molecule has 5 heteroatoms. The summed E-state index contributed by atoms with van der Waals surface area (Å²) in [6, 6.07) is 7.91. The third-order valence-electron chi connectivity index (χ3n) is 2.61. The Morgan fingerprint density at radius 1 is 1.35 bits per heavy atom. The number of hydrogen-bond acceptors (Lipinski definition) is 3. The first-order valence-electron chi connectivity index (χ1n) is 6.35. The first kappa shape index (κ1) is 14.8. The van der Waals surface area contributed by atoms with Gasteiger partial charge in [0.1, 0.15) is 5.60 Å². The average molecular weight is 337 g/mol. The van der Waals surface area contributed by atoms with E-state index in [1.54, 1.807) is 6.20 Å². The maximum absolute atomic E-state index is 11.7. The molecule has 0 aliphatic rings. The van der Waals surface area contributed by atoms with Crippen molar-refractivity contribution in [1.29, 1.82) is 0 Å². The molecule has 20 heavy (non-hydrogen) atoms. The number of benzene rings is 1. The normalized spacial score (nSPS) is 11.4. The molecule has 2 aromatic rings. The van der Waals surface area contributed by atoms with Gasteiger partial charge in [0.05, 0.1) is 12.2 Å². The summed E-state index contributed by atoms with van der Waals surface area (Å²) in [5, 5.41) is 4.83. The van der Waals surface area contributed by atoms with Crippen molar-refractivity contribution in [2.24, 2.45) is 0 Å². The van der Waals surface area contributed by atoms with Crippen molar-refractivity contribution in [3.63, 3.8) is 0 Å². The van der Waals surface area contributed by atoms with Gasteiger partial charge in [-0.05, 0) is 44.4 Å². The van der Waals surface area contributed by atoms with E-state index in [2.05, 4.69) is 26.2 Å². The summed E-state index contributed by atoms with van der Waals surface area (Å²) in [4.78, 5) is 16.0. The highest BCUT2D eigenvalue weighted by Gasteiger charge is 2.16. The largest absolute Gasteiger partial charge is 0.444 e. The summed E-state index contributed by atoms with van der Waals surface area (Å²) in [5.41, 5.74) is 0.321. The summed E-state index contributed by atoms with van der Waals surface area (Å²) in [6.07, 6.45) is 1.30. The fourth-order valence-corrected chi connectivity index (χ4v) is 2.20. The van der Waals surface area contributed by atoms with Gasteiger partial charge in [-0.3, -0.25) is 4.98 Å². The Bertz CT molecular complexity index is 635. The molecule has 2 rings (SSSR count). The van der Waals surface area contributed by atoms with Gasteiger partial charge >= 0.3 is 6.09 Å². The van der Waals surface area contributed by atoms with E-state index in [-0.39, 0.29) is 0 Å². The predicted octanol–water partition coefficient (Wildman–Crippen LogP) is 4.02. The van der Waals surface area contributed by atoms with Gasteiger partial charge < -0.3 is 10.1 Å². The van der Waals surface area contributed by atoms with Crippen LogP contribution in [0, 0.1) is 0 Å². The van der Waals surface area contributed by atoms with Crippen LogP contribution in [-0.2, 0) is 11.3 Å². The molecule has 1 N–H and O–H groups in total. The highest BCUT2D eigenvalue weighted by Crippen LogP contribution is 2.21. The van der Waals surface area contributed by atoms with E-state index in [0.717, 1.165) is 20.9 Å². The number of amides is 1. The van der Waals surface area contributed by atoms with Crippen molar-refractivity contribution in [3.05, 3.63) is 40.6 Å². The van der Waals surface area contributed by atoms with E-state index >= 15 is 0 Å². The highest BCUT2D eigenvalue weighted by atomic mass is 79.9. The SMILES string of the molecule is CC(C)(C)OC(=O)NCc1nccc2cc(Br)ccc12. The zero-order valence-electron chi connectivity index (χ0n) is 11.7. The molecule has 0 unspecified atom stereocenters. The number of ether oxygens (including phenoxy) is 1. The number of halogens is 1. The maximum Gasteiger partial charge on any atom is 0.407 e. The Balaban J connectivity index is 2.12. The average Bonchev–Trinajstić information content (AvgIpc) is 2.33. The van der Waals surface area contributed by atoms with Gasteiger partial charge in [0.2, 0.25) is 0 Å². The summed E-state index contributed by atoms with van der Waals surface area (Å²) >= 11 is 3.44. The number of aromatic nitrogens is 1. The highest BCUT2D eigenvalue weighted by molar-refractivity contribution is 9.10. The first-order valence-corrected chi connectivity index (χ1v) is 7.14. The van der Waals surface area contributed by atoms with Crippen LogP contribution in [0.3, 0.4) is 0 Å². The molecule has 1 heterocycles. The lowest BCUT2D eigenvalue weighted by atomic mass is 10.1. The van der Waals surface area contributed by atoms with Crippen LogP contribution < -0.4 is 5.32 Å². The summed E-state index contributed by atoms with van der Waals surface area (Å²) in [7, 11) is 0. The smallest absolute Gasteiger partial charge is 0.407 e. The van der Waals surface area contributed by atoms with Crippen LogP contribution in [0.25, 0.3) is 10.8 Å². The van der Waals surface area contributed by atoms with E-state index in [1.807, 2.05) is 45.0 Å². The Morgan fingerprint density at radius 3 is 2.80 bits per heavy atom. The summed E-state index contributed by atoms with van der Waals surface area (Å²) in [6.45, 7) is 5.84. The Morgan fingerprint density at radius 2 is 2.10 bits per heavy atom. The number of pyridine rings is 1. The maximum atomic E-state index is 11.7. The Labute approximate surface area is 126 Å². The topological polar surface area (TPSA) is 51.2 Å². The van der Waals surface area contributed by atoms with Crippen LogP contribution in [0.4, 0.5) is 4.79 Å². The number of fused-ring (bicyclic) bond motifs is 1. The number of alkyl carbamates (subject to hydrolysis) is 1. The number of rotatable bonds is 2. The minimum absolute atomic E-state index is 0.341. The van der Waals surface area contributed by atoms with E-state index in [0.29, 0.717) is 6.54 Å². The van der Waals surface area contributed by atoms with Crippen LogP contribution in [0.2, 0.25) is 0 Å². The van der Waals surface area contributed by atoms with Crippen LogP contribution in [0.15, 0.2) is 34.9 Å². The lowest BCUT2D eigenvalue weighted by Gasteiger charge is -2.19. The molecular formula is C15H17BrN2O2. The van der Waals surface area contributed by atoms with Crippen molar-refractivity contribution < 1.29 is 9.53 Å². The first-order chi connectivity index (χ1) is 9.35. The van der Waals surface area contributed by atoms with Crippen molar-refractivity contribution >= 4 is 32.8 Å². The van der Waals surface area contributed by atoms with Crippen molar-refractivity contribution in [2.75, 3.05) is 0 Å². The molecule has 0 aliphatic carbocycles. The monoisotopic (exact) mass is 336 g/mol. The molecule has 0 fully saturated rings. The lowest BCUT2D eigenvalue weighted by Crippen LogP contribution is -2.32. The zero-order chi connectivity index (χ0) is 14.8. The van der Waals surface area contributed by atoms with Gasteiger partial charge in [0, 0.05) is 16.1 Å². The Kier molecular flexibility index (Phi) is 4.28. The van der Waals surface area contributed by atoms with Crippen LogP contribution in [0.5, 0.6) is 0 Å². The molecule has 106 valence electrons. The molecule has 0 radical (unpaired) electrons. The van der Waals surface area contributed by atoms with E-state index in [1.165, 1.54) is 0 Å². The molecule has 0 saturated heterocycles. The Hall–Kier alpha value is -1.62. The standard InChI is InChI=1S/C15H17BrN2O2/c1-15(2,3)20-14(19)18-9-13-12-5-4-11(16)8-10(12)6-7-17-13/h4-8H,9H2,1-3H3,(H,18,19). The fraction of sp³-hybridized carbons (Fsp3) is 0.333. The number of nitrogens with one attached hydrogen (secondary N) is 1. The quantitative estimate of drug-likeness (QED) is 0.900. The minimum Gasteiger partial charge on any atom is -0.444 e. The predicted molar refractivity (Wildman–Crippen MR) is 82.5 cm³/mol. The number of carbonyl (C=O) groups is 1. The van der Waals surface area contributed by atoms with Crippen LogP contribution in [0.1, 0.15) is 26.5 Å². The lowest BCUT2D eigenvalue weighted by molar-refractivity contribution is 0.0523. The van der Waals surface area contributed by atoms with Gasteiger partial charge in [0.25, 0.3) is 0 Å². The minimum atomic E-state index is -0.499. The molecule has 0 atom stereocenters. The molecule has 4 nitrogen and oxygen atoms in total. The van der Waals surface area contributed by atoms with Gasteiger partial charge in [-0.2, -0.15) is 0 Å². The van der Waals surface area contributed by atoms with Crippen LogP contribution in [-0.4, -0.2) is 16.7 Å². The van der Waals surface area contributed by atoms with Crippen molar-refractivity contribution in [1.82, 2.24) is 10.3 Å². The third kappa shape index (κ3) is 3.93. The molecule has 0 aliphatic heterocycles. The second-order valence-corrected chi connectivity index (χ2v) is 6.39. The van der Waals surface area contributed by atoms with Gasteiger partial charge in [-0.1, -0.05) is 22.0 Å². The molecular weight excluding hydrogens is 320 g/mol. The van der Waals surface area contributed by atoms with E-state index < -0.39 is 11.7 Å². The number of carbonyl (C=O) groups excluding carboxylic acids is 1.